The van der Waals surface area contributed by atoms with Crippen LogP contribution in [0.3, 0.4) is 0 Å². The lowest BCUT2D eigenvalue weighted by Gasteiger charge is -2.09. The van der Waals surface area contributed by atoms with Crippen molar-refractivity contribution >= 4 is 40.0 Å². The zero-order chi connectivity index (χ0) is 24.5. The number of nitro groups is 1. The van der Waals surface area contributed by atoms with E-state index in [2.05, 4.69) is 25.5 Å². The first-order valence-corrected chi connectivity index (χ1v) is 10.8. The van der Waals surface area contributed by atoms with Crippen molar-refractivity contribution in [2.75, 3.05) is 5.32 Å². The van der Waals surface area contributed by atoms with Crippen LogP contribution in [0.4, 0.5) is 11.5 Å². The molecule has 0 saturated carbocycles. The first kappa shape index (κ1) is 22.2. The van der Waals surface area contributed by atoms with Gasteiger partial charge in [0.2, 0.25) is 5.91 Å². The van der Waals surface area contributed by atoms with Gasteiger partial charge in [0.25, 0.3) is 5.69 Å². The Labute approximate surface area is 203 Å². The lowest BCUT2D eigenvalue weighted by atomic mass is 10.1. The molecule has 0 unspecified atom stereocenters. The van der Waals surface area contributed by atoms with Crippen molar-refractivity contribution in [1.82, 2.24) is 29.5 Å². The smallest absolute Gasteiger partial charge is 0.269 e. The summed E-state index contributed by atoms with van der Waals surface area (Å²) >= 11 is 6.13. The van der Waals surface area contributed by atoms with E-state index >= 15 is 0 Å². The largest absolute Gasteiger partial charge is 0.310 e. The Morgan fingerprint density at radius 1 is 1.11 bits per heavy atom. The fourth-order valence-electron chi connectivity index (χ4n) is 3.66. The number of nitro benzene ring substituents is 1. The van der Waals surface area contributed by atoms with Crippen molar-refractivity contribution < 1.29 is 9.72 Å². The molecule has 0 bridgehead atoms. The second-order valence-corrected chi connectivity index (χ2v) is 8.14. The van der Waals surface area contributed by atoms with Crippen molar-refractivity contribution in [3.63, 3.8) is 0 Å². The number of carbonyl (C=O) groups is 1. The first-order valence-electron chi connectivity index (χ1n) is 10.4. The summed E-state index contributed by atoms with van der Waals surface area (Å²) in [5.41, 5.74) is 2.57. The third kappa shape index (κ3) is 4.44. The van der Waals surface area contributed by atoms with Crippen LogP contribution in [-0.2, 0) is 11.2 Å². The molecule has 2 aromatic carbocycles. The monoisotopic (exact) mass is 488 g/mol. The van der Waals surface area contributed by atoms with E-state index in [9.17, 15) is 14.9 Å². The van der Waals surface area contributed by atoms with Gasteiger partial charge in [0.15, 0.2) is 11.5 Å². The summed E-state index contributed by atoms with van der Waals surface area (Å²) in [6.45, 7) is 1.80. The molecule has 1 N–H and O–H groups in total. The molecule has 0 spiro atoms. The van der Waals surface area contributed by atoms with E-state index in [1.807, 2.05) is 12.1 Å². The SMILES string of the molecule is Cc1cc(NC(=O)Cc2ccc([N+](=O)[O-])cc2)n(-c2ncnc3c2cnn3-c2cccc(Cl)c2)n1. The lowest BCUT2D eigenvalue weighted by molar-refractivity contribution is -0.384. The first-order chi connectivity index (χ1) is 16.9. The van der Waals surface area contributed by atoms with Crippen molar-refractivity contribution in [2.24, 2.45) is 0 Å². The molecular formula is C23H17ClN8O3. The summed E-state index contributed by atoms with van der Waals surface area (Å²) < 4.78 is 3.17. The number of benzene rings is 2. The number of rotatable bonds is 6. The number of hydrogen-bond acceptors (Lipinski definition) is 7. The van der Waals surface area contributed by atoms with Gasteiger partial charge in [-0.3, -0.25) is 14.9 Å². The summed E-state index contributed by atoms with van der Waals surface area (Å²) in [5.74, 6) is 0.562. The highest BCUT2D eigenvalue weighted by Crippen LogP contribution is 2.25. The van der Waals surface area contributed by atoms with Gasteiger partial charge in [0.1, 0.15) is 12.1 Å². The standard InChI is InChI=1S/C23H17ClN8O3/c1-14-9-20(28-21(33)10-15-5-7-17(8-6-15)32(34)35)31(29-14)23-19-12-27-30(22(19)25-13-26-23)18-4-2-3-16(24)11-18/h2-9,11-13H,10H2,1H3,(H,28,33). The molecule has 0 atom stereocenters. The second-order valence-electron chi connectivity index (χ2n) is 7.70. The maximum absolute atomic E-state index is 12.7. The fraction of sp³-hybridized carbons (Fsp3) is 0.0870. The number of halogens is 1. The highest BCUT2D eigenvalue weighted by molar-refractivity contribution is 6.30. The highest BCUT2D eigenvalue weighted by Gasteiger charge is 2.18. The van der Waals surface area contributed by atoms with Gasteiger partial charge in [-0.05, 0) is 30.7 Å². The summed E-state index contributed by atoms with van der Waals surface area (Å²) in [6.07, 6.45) is 3.07. The Kier molecular flexibility index (Phi) is 5.67. The number of fused-ring (bicyclic) bond motifs is 1. The average molecular weight is 489 g/mol. The van der Waals surface area contributed by atoms with Crippen LogP contribution >= 0.6 is 11.6 Å². The van der Waals surface area contributed by atoms with Crippen LogP contribution < -0.4 is 5.32 Å². The van der Waals surface area contributed by atoms with Crippen LogP contribution in [0.1, 0.15) is 11.3 Å². The third-order valence-corrected chi connectivity index (χ3v) is 5.44. The summed E-state index contributed by atoms with van der Waals surface area (Å²) in [5, 5.41) is 23.8. The molecule has 35 heavy (non-hydrogen) atoms. The Balaban J connectivity index is 1.45. The molecule has 11 nitrogen and oxygen atoms in total. The summed E-state index contributed by atoms with van der Waals surface area (Å²) in [6, 6.07) is 14.8. The van der Waals surface area contributed by atoms with E-state index in [4.69, 9.17) is 11.6 Å². The number of aryl methyl sites for hydroxylation is 1. The van der Waals surface area contributed by atoms with Crippen LogP contribution in [0.5, 0.6) is 0 Å². The minimum absolute atomic E-state index is 0.0334. The minimum atomic E-state index is -0.484. The van der Waals surface area contributed by atoms with E-state index in [1.165, 1.54) is 23.1 Å². The zero-order valence-electron chi connectivity index (χ0n) is 18.3. The third-order valence-electron chi connectivity index (χ3n) is 5.21. The topological polar surface area (TPSA) is 134 Å². The molecule has 0 aliphatic heterocycles. The van der Waals surface area contributed by atoms with Gasteiger partial charge in [0, 0.05) is 23.2 Å². The Morgan fingerprint density at radius 2 is 1.91 bits per heavy atom. The van der Waals surface area contributed by atoms with Crippen LogP contribution in [0, 0.1) is 17.0 Å². The minimum Gasteiger partial charge on any atom is -0.310 e. The molecule has 3 aromatic heterocycles. The van der Waals surface area contributed by atoms with Crippen molar-refractivity contribution in [2.45, 2.75) is 13.3 Å². The number of amides is 1. The van der Waals surface area contributed by atoms with E-state index in [0.717, 1.165) is 5.69 Å². The molecule has 174 valence electrons. The number of nitrogens with one attached hydrogen (secondary N) is 1. The summed E-state index contributed by atoms with van der Waals surface area (Å²) in [4.78, 5) is 31.8. The predicted molar refractivity (Wildman–Crippen MR) is 129 cm³/mol. The molecule has 0 radical (unpaired) electrons. The highest BCUT2D eigenvalue weighted by atomic mass is 35.5. The molecule has 0 fully saturated rings. The van der Waals surface area contributed by atoms with Crippen LogP contribution in [0.15, 0.2) is 67.1 Å². The van der Waals surface area contributed by atoms with Gasteiger partial charge >= 0.3 is 0 Å². The molecule has 0 saturated heterocycles. The number of aromatic nitrogens is 6. The molecule has 0 aliphatic rings. The molecule has 5 rings (SSSR count). The molecular weight excluding hydrogens is 472 g/mol. The van der Waals surface area contributed by atoms with Crippen molar-refractivity contribution in [3.8, 4) is 11.5 Å². The van der Waals surface area contributed by atoms with Crippen LogP contribution in [0.25, 0.3) is 22.5 Å². The molecule has 3 heterocycles. The number of nitrogens with zero attached hydrogens (tertiary/aromatic N) is 7. The number of non-ortho nitro benzene ring substituents is 1. The fourth-order valence-corrected chi connectivity index (χ4v) is 3.84. The van der Waals surface area contributed by atoms with Gasteiger partial charge in [-0.15, -0.1) is 0 Å². The number of hydrogen-bond donors (Lipinski definition) is 1. The zero-order valence-corrected chi connectivity index (χ0v) is 19.0. The molecule has 12 heteroatoms. The number of anilines is 1. The Hall–Kier alpha value is -4.64. The summed E-state index contributed by atoms with van der Waals surface area (Å²) in [7, 11) is 0. The Morgan fingerprint density at radius 3 is 2.66 bits per heavy atom. The van der Waals surface area contributed by atoms with Gasteiger partial charge < -0.3 is 5.32 Å². The van der Waals surface area contributed by atoms with Gasteiger partial charge in [0.05, 0.1) is 34.3 Å². The maximum atomic E-state index is 12.7. The van der Waals surface area contributed by atoms with Gasteiger partial charge in [-0.1, -0.05) is 29.8 Å². The van der Waals surface area contributed by atoms with Crippen LogP contribution in [-0.4, -0.2) is 40.4 Å². The van der Waals surface area contributed by atoms with E-state index in [1.54, 1.807) is 48.1 Å². The van der Waals surface area contributed by atoms with Gasteiger partial charge in [-0.2, -0.15) is 14.9 Å². The normalized spacial score (nSPS) is 11.0. The lowest BCUT2D eigenvalue weighted by Crippen LogP contribution is -2.17. The van der Waals surface area contributed by atoms with Crippen molar-refractivity contribution in [3.05, 3.63) is 93.5 Å². The molecule has 5 aromatic rings. The van der Waals surface area contributed by atoms with Crippen molar-refractivity contribution in [1.29, 1.82) is 0 Å². The van der Waals surface area contributed by atoms with E-state index in [0.29, 0.717) is 38.9 Å². The maximum Gasteiger partial charge on any atom is 0.269 e. The van der Waals surface area contributed by atoms with Gasteiger partial charge in [-0.25, -0.2) is 14.6 Å². The van der Waals surface area contributed by atoms with Crippen LogP contribution in [0.2, 0.25) is 5.02 Å². The average Bonchev–Trinajstić information content (AvgIpc) is 3.42. The molecule has 1 amide bonds. The second kappa shape index (κ2) is 8.95. The van der Waals surface area contributed by atoms with E-state index < -0.39 is 4.92 Å². The van der Waals surface area contributed by atoms with E-state index in [-0.39, 0.29) is 18.0 Å². The quantitative estimate of drug-likeness (QED) is 0.281. The molecule has 0 aliphatic carbocycles. The predicted octanol–water partition coefficient (Wildman–Crippen LogP) is 4.05. The Bertz CT molecular complexity index is 1580. The number of carbonyl (C=O) groups excluding carboxylic acids is 1.